The summed E-state index contributed by atoms with van der Waals surface area (Å²) in [4.78, 5) is 19.5. The van der Waals surface area contributed by atoms with Crippen molar-refractivity contribution in [3.8, 4) is 5.75 Å². The van der Waals surface area contributed by atoms with Crippen LogP contribution < -0.4 is 4.74 Å². The second-order valence-electron chi connectivity index (χ2n) is 6.94. The fourth-order valence-corrected chi connectivity index (χ4v) is 4.70. The lowest BCUT2D eigenvalue weighted by Gasteiger charge is -2.14. The van der Waals surface area contributed by atoms with Crippen LogP contribution in [0.2, 0.25) is 10.0 Å². The van der Waals surface area contributed by atoms with Gasteiger partial charge >= 0.3 is 0 Å². The monoisotopic (exact) mass is 462 g/mol. The highest BCUT2D eigenvalue weighted by Crippen LogP contribution is 2.34. The number of hydrogen-bond acceptors (Lipinski definition) is 4. The zero-order chi connectivity index (χ0) is 21.8. The van der Waals surface area contributed by atoms with Crippen molar-refractivity contribution in [3.05, 3.63) is 67.5 Å². The van der Waals surface area contributed by atoms with Gasteiger partial charge in [-0.1, -0.05) is 29.3 Å². The summed E-state index contributed by atoms with van der Waals surface area (Å²) in [5.74, 6) is 0.835. The van der Waals surface area contributed by atoms with E-state index >= 15 is 0 Å². The Kier molecular flexibility index (Phi) is 7.50. The van der Waals surface area contributed by atoms with Gasteiger partial charge in [0.1, 0.15) is 12.4 Å². The van der Waals surface area contributed by atoms with Gasteiger partial charge in [-0.2, -0.15) is 0 Å². The molecule has 0 spiro atoms. The molecular weight excluding hydrogens is 439 g/mol. The van der Waals surface area contributed by atoms with Gasteiger partial charge in [-0.3, -0.25) is 14.7 Å². The summed E-state index contributed by atoms with van der Waals surface area (Å²) in [6, 6.07) is 9.54. The molecule has 0 N–H and O–H groups in total. The average molecular weight is 463 g/mol. The van der Waals surface area contributed by atoms with Crippen molar-refractivity contribution in [1.82, 2.24) is 4.90 Å². The Morgan fingerprint density at radius 2 is 1.80 bits per heavy atom. The maximum Gasteiger partial charge on any atom is 0.266 e. The third kappa shape index (κ3) is 5.02. The van der Waals surface area contributed by atoms with E-state index in [0.717, 1.165) is 33.2 Å². The molecule has 7 heteroatoms. The standard InChI is InChI=1S/C23H24Cl2N2O2S/c1-5-26-23-27(6-2)22(28)20(30-23)12-17-9-14(3)21(15(4)10-17)29-13-16-7-8-18(24)19(25)11-16/h7-12H,5-6,13H2,1-4H3/b20-12-,26-23?. The van der Waals surface area contributed by atoms with Crippen LogP contribution in [0.3, 0.4) is 0 Å². The number of carbonyl (C=O) groups is 1. The number of halogens is 2. The molecule has 0 bridgehead atoms. The fraction of sp³-hybridized carbons (Fsp3) is 0.304. The minimum Gasteiger partial charge on any atom is -0.488 e. The van der Waals surface area contributed by atoms with Crippen LogP contribution in [0.4, 0.5) is 0 Å². The van der Waals surface area contributed by atoms with Gasteiger partial charge in [-0.25, -0.2) is 0 Å². The van der Waals surface area contributed by atoms with Gasteiger partial charge in [-0.15, -0.1) is 0 Å². The number of hydrogen-bond donors (Lipinski definition) is 0. The Bertz CT molecular complexity index is 1010. The van der Waals surface area contributed by atoms with Crippen molar-refractivity contribution < 1.29 is 9.53 Å². The zero-order valence-corrected chi connectivity index (χ0v) is 19.8. The van der Waals surface area contributed by atoms with Crippen molar-refractivity contribution >= 4 is 52.1 Å². The molecule has 0 atom stereocenters. The van der Waals surface area contributed by atoms with Crippen molar-refractivity contribution in [2.45, 2.75) is 34.3 Å². The summed E-state index contributed by atoms with van der Waals surface area (Å²) in [6.45, 7) is 9.60. The second-order valence-corrected chi connectivity index (χ2v) is 8.76. The first kappa shape index (κ1) is 22.7. The molecule has 2 aromatic carbocycles. The molecule has 3 rings (SSSR count). The summed E-state index contributed by atoms with van der Waals surface area (Å²) >= 11 is 13.5. The van der Waals surface area contributed by atoms with Crippen LogP contribution in [0.25, 0.3) is 6.08 Å². The van der Waals surface area contributed by atoms with Crippen LogP contribution >= 0.6 is 35.0 Å². The van der Waals surface area contributed by atoms with E-state index in [1.807, 2.05) is 58.0 Å². The van der Waals surface area contributed by atoms with Gasteiger partial charge in [0, 0.05) is 13.1 Å². The zero-order valence-electron chi connectivity index (χ0n) is 17.5. The predicted molar refractivity (Wildman–Crippen MR) is 128 cm³/mol. The Morgan fingerprint density at radius 3 is 2.40 bits per heavy atom. The maximum atomic E-state index is 12.7. The van der Waals surface area contributed by atoms with Gasteiger partial charge < -0.3 is 4.74 Å². The second kappa shape index (κ2) is 9.90. The third-order valence-corrected chi connectivity index (χ3v) is 6.43. The lowest BCUT2D eigenvalue weighted by molar-refractivity contribution is -0.122. The Morgan fingerprint density at radius 1 is 1.10 bits per heavy atom. The highest BCUT2D eigenvalue weighted by molar-refractivity contribution is 8.18. The normalized spacial score (nSPS) is 16.7. The van der Waals surface area contributed by atoms with E-state index in [1.165, 1.54) is 11.8 Å². The van der Waals surface area contributed by atoms with E-state index in [4.69, 9.17) is 27.9 Å². The first-order valence-electron chi connectivity index (χ1n) is 9.77. The average Bonchev–Trinajstić information content (AvgIpc) is 2.98. The molecule has 1 amide bonds. The number of benzene rings is 2. The largest absolute Gasteiger partial charge is 0.488 e. The number of amides is 1. The summed E-state index contributed by atoms with van der Waals surface area (Å²) in [5.41, 5.74) is 3.93. The molecular formula is C23H24Cl2N2O2S. The number of aliphatic imine (C=N–C) groups is 1. The van der Waals surface area contributed by atoms with Crippen LogP contribution in [-0.4, -0.2) is 29.1 Å². The Labute approximate surface area is 191 Å². The molecule has 158 valence electrons. The number of amidine groups is 1. The predicted octanol–water partition coefficient (Wildman–Crippen LogP) is 6.50. The molecule has 0 unspecified atom stereocenters. The molecule has 0 radical (unpaired) electrons. The topological polar surface area (TPSA) is 41.9 Å². The summed E-state index contributed by atoms with van der Waals surface area (Å²) in [6.07, 6.45) is 1.93. The quantitative estimate of drug-likeness (QED) is 0.459. The molecule has 1 aliphatic rings. The van der Waals surface area contributed by atoms with Gasteiger partial charge in [0.05, 0.1) is 15.0 Å². The molecule has 1 aliphatic heterocycles. The lowest BCUT2D eigenvalue weighted by Crippen LogP contribution is -2.28. The van der Waals surface area contributed by atoms with E-state index in [0.29, 0.717) is 34.6 Å². The Hall–Kier alpha value is -1.95. The van der Waals surface area contributed by atoms with E-state index in [1.54, 1.807) is 11.0 Å². The highest BCUT2D eigenvalue weighted by atomic mass is 35.5. The first-order valence-corrected chi connectivity index (χ1v) is 11.3. The van der Waals surface area contributed by atoms with E-state index in [-0.39, 0.29) is 5.91 Å². The summed E-state index contributed by atoms with van der Waals surface area (Å²) in [7, 11) is 0. The molecule has 0 aliphatic carbocycles. The number of ether oxygens (including phenoxy) is 1. The number of aryl methyl sites for hydroxylation is 2. The van der Waals surface area contributed by atoms with Gasteiger partial charge in [0.15, 0.2) is 5.17 Å². The summed E-state index contributed by atoms with van der Waals surface area (Å²) in [5, 5.41) is 1.81. The van der Waals surface area contributed by atoms with E-state index < -0.39 is 0 Å². The molecule has 1 saturated heterocycles. The first-order chi connectivity index (χ1) is 14.3. The molecule has 1 fully saturated rings. The van der Waals surface area contributed by atoms with Crippen molar-refractivity contribution in [2.24, 2.45) is 4.99 Å². The molecule has 0 saturated carbocycles. The number of likely N-dealkylation sites (N-methyl/N-ethyl adjacent to an activating group) is 1. The van der Waals surface area contributed by atoms with Gasteiger partial charge in [0.25, 0.3) is 5.91 Å². The van der Waals surface area contributed by atoms with E-state index in [2.05, 4.69) is 4.99 Å². The number of nitrogens with zero attached hydrogens (tertiary/aromatic N) is 2. The minimum absolute atomic E-state index is 0.00458. The molecule has 1 heterocycles. The molecule has 0 aromatic heterocycles. The smallest absolute Gasteiger partial charge is 0.266 e. The van der Waals surface area contributed by atoms with Gasteiger partial charge in [-0.05, 0) is 92.1 Å². The van der Waals surface area contributed by atoms with Gasteiger partial charge in [0.2, 0.25) is 0 Å². The maximum absolute atomic E-state index is 12.7. The Balaban J connectivity index is 1.80. The van der Waals surface area contributed by atoms with Crippen molar-refractivity contribution in [3.63, 3.8) is 0 Å². The molecule has 4 nitrogen and oxygen atoms in total. The third-order valence-electron chi connectivity index (χ3n) is 4.65. The van der Waals surface area contributed by atoms with Crippen LogP contribution in [0.1, 0.15) is 36.1 Å². The molecule has 2 aromatic rings. The SMILES string of the molecule is CCN=C1S/C(=C\c2cc(C)c(OCc3ccc(Cl)c(Cl)c3)c(C)c2)C(=O)N1CC. The number of rotatable bonds is 6. The van der Waals surface area contributed by atoms with Crippen LogP contribution in [0.15, 0.2) is 40.2 Å². The van der Waals surface area contributed by atoms with Crippen molar-refractivity contribution in [2.75, 3.05) is 13.1 Å². The lowest BCUT2D eigenvalue weighted by atomic mass is 10.0. The van der Waals surface area contributed by atoms with Crippen LogP contribution in [0, 0.1) is 13.8 Å². The van der Waals surface area contributed by atoms with E-state index in [9.17, 15) is 4.79 Å². The van der Waals surface area contributed by atoms with Crippen LogP contribution in [-0.2, 0) is 11.4 Å². The highest BCUT2D eigenvalue weighted by Gasteiger charge is 2.31. The van der Waals surface area contributed by atoms with Crippen LogP contribution in [0.5, 0.6) is 5.75 Å². The number of thioether (sulfide) groups is 1. The number of carbonyl (C=O) groups excluding carboxylic acids is 1. The molecule has 30 heavy (non-hydrogen) atoms. The fourth-order valence-electron chi connectivity index (χ4n) is 3.27. The summed E-state index contributed by atoms with van der Waals surface area (Å²) < 4.78 is 6.06. The minimum atomic E-state index is 0.00458. The van der Waals surface area contributed by atoms with Crippen molar-refractivity contribution in [1.29, 1.82) is 0 Å².